The molecule has 0 fully saturated rings. The van der Waals surface area contributed by atoms with Gasteiger partial charge in [0.25, 0.3) is 0 Å². The maximum atomic E-state index is 9.20. The second kappa shape index (κ2) is 7.04. The molecule has 0 aliphatic rings. The summed E-state index contributed by atoms with van der Waals surface area (Å²) in [6.45, 7) is 4.91. The van der Waals surface area contributed by atoms with Crippen LogP contribution >= 0.6 is 15.9 Å². The monoisotopic (exact) mass is 345 g/mol. The number of hydrogen-bond acceptors (Lipinski definition) is 5. The number of rotatable bonds is 5. The lowest BCUT2D eigenvalue weighted by atomic mass is 10.2. The zero-order valence-electron chi connectivity index (χ0n) is 11.9. The van der Waals surface area contributed by atoms with E-state index in [4.69, 9.17) is 0 Å². The van der Waals surface area contributed by atoms with Crippen LogP contribution in [0.15, 0.2) is 29.0 Å². The Bertz CT molecular complexity index is 678. The fourth-order valence-electron chi connectivity index (χ4n) is 1.84. The molecule has 6 heteroatoms. The van der Waals surface area contributed by atoms with Gasteiger partial charge < -0.3 is 10.6 Å². The van der Waals surface area contributed by atoms with Crippen LogP contribution in [-0.2, 0) is 0 Å². The molecule has 0 unspecified atom stereocenters. The first kappa shape index (κ1) is 15.3. The van der Waals surface area contributed by atoms with E-state index < -0.39 is 0 Å². The van der Waals surface area contributed by atoms with Gasteiger partial charge in [0.2, 0.25) is 0 Å². The Kier molecular flexibility index (Phi) is 5.12. The number of nitriles is 1. The van der Waals surface area contributed by atoms with E-state index in [0.717, 1.165) is 34.5 Å². The Morgan fingerprint density at radius 2 is 2.05 bits per heavy atom. The van der Waals surface area contributed by atoms with E-state index in [9.17, 15) is 5.26 Å². The van der Waals surface area contributed by atoms with E-state index in [1.807, 2.05) is 19.1 Å². The SMILES string of the molecule is CCCNc1ncnc(Nc2ccc(Br)cc2C#N)c1C. The summed E-state index contributed by atoms with van der Waals surface area (Å²) in [5.41, 5.74) is 2.21. The van der Waals surface area contributed by atoms with E-state index in [-0.39, 0.29) is 0 Å². The van der Waals surface area contributed by atoms with Crippen molar-refractivity contribution in [2.24, 2.45) is 0 Å². The van der Waals surface area contributed by atoms with Crippen LogP contribution in [0.5, 0.6) is 0 Å². The summed E-state index contributed by atoms with van der Waals surface area (Å²) in [6.07, 6.45) is 2.54. The van der Waals surface area contributed by atoms with Crippen LogP contribution in [0, 0.1) is 18.3 Å². The summed E-state index contributed by atoms with van der Waals surface area (Å²) in [5, 5.41) is 15.7. The van der Waals surface area contributed by atoms with E-state index in [1.165, 1.54) is 6.33 Å². The Hall–Kier alpha value is -2.13. The second-order valence-electron chi connectivity index (χ2n) is 4.55. The average molecular weight is 346 g/mol. The first-order valence-electron chi connectivity index (χ1n) is 6.67. The van der Waals surface area contributed by atoms with Gasteiger partial charge in [0.15, 0.2) is 0 Å². The van der Waals surface area contributed by atoms with E-state index in [2.05, 4.69) is 49.5 Å². The molecule has 1 aromatic carbocycles. The van der Waals surface area contributed by atoms with Crippen LogP contribution in [0.1, 0.15) is 24.5 Å². The second-order valence-corrected chi connectivity index (χ2v) is 5.47. The summed E-state index contributed by atoms with van der Waals surface area (Å²) in [6, 6.07) is 7.68. The number of benzene rings is 1. The number of anilines is 3. The zero-order chi connectivity index (χ0) is 15.2. The molecule has 0 saturated carbocycles. The van der Waals surface area contributed by atoms with Gasteiger partial charge in [-0.3, -0.25) is 0 Å². The third-order valence-electron chi connectivity index (χ3n) is 2.98. The predicted molar refractivity (Wildman–Crippen MR) is 87.7 cm³/mol. The van der Waals surface area contributed by atoms with Gasteiger partial charge in [-0.1, -0.05) is 22.9 Å². The molecule has 0 atom stereocenters. The fourth-order valence-corrected chi connectivity index (χ4v) is 2.20. The topological polar surface area (TPSA) is 73.6 Å². The van der Waals surface area contributed by atoms with Crippen LogP contribution in [0.4, 0.5) is 17.3 Å². The first-order chi connectivity index (χ1) is 10.2. The van der Waals surface area contributed by atoms with E-state index in [1.54, 1.807) is 6.07 Å². The number of nitrogens with zero attached hydrogens (tertiary/aromatic N) is 3. The van der Waals surface area contributed by atoms with Crippen molar-refractivity contribution in [2.45, 2.75) is 20.3 Å². The van der Waals surface area contributed by atoms with Crippen molar-refractivity contribution < 1.29 is 0 Å². The smallest absolute Gasteiger partial charge is 0.138 e. The van der Waals surface area contributed by atoms with Crippen molar-refractivity contribution in [2.75, 3.05) is 17.2 Å². The van der Waals surface area contributed by atoms with Gasteiger partial charge in [0.1, 0.15) is 24.0 Å². The summed E-state index contributed by atoms with van der Waals surface area (Å²) in [5.74, 6) is 1.51. The molecule has 1 heterocycles. The molecule has 21 heavy (non-hydrogen) atoms. The Balaban J connectivity index is 2.30. The number of aromatic nitrogens is 2. The third-order valence-corrected chi connectivity index (χ3v) is 3.47. The zero-order valence-corrected chi connectivity index (χ0v) is 13.5. The van der Waals surface area contributed by atoms with Gasteiger partial charge in [-0.15, -0.1) is 0 Å². The Morgan fingerprint density at radius 1 is 1.29 bits per heavy atom. The molecular formula is C15H16BrN5. The molecule has 2 N–H and O–H groups in total. The molecule has 0 bridgehead atoms. The van der Waals surface area contributed by atoms with Crippen molar-refractivity contribution in [1.29, 1.82) is 5.26 Å². The molecule has 2 rings (SSSR count). The first-order valence-corrected chi connectivity index (χ1v) is 7.47. The molecule has 0 aliphatic carbocycles. The maximum absolute atomic E-state index is 9.20. The lowest BCUT2D eigenvalue weighted by molar-refractivity contribution is 0.960. The van der Waals surface area contributed by atoms with Crippen LogP contribution in [0.25, 0.3) is 0 Å². The predicted octanol–water partition coefficient (Wildman–Crippen LogP) is 3.98. The number of hydrogen-bond donors (Lipinski definition) is 2. The van der Waals surface area contributed by atoms with Crippen LogP contribution < -0.4 is 10.6 Å². The minimum Gasteiger partial charge on any atom is -0.370 e. The van der Waals surface area contributed by atoms with Gasteiger partial charge in [0.05, 0.1) is 11.3 Å². The highest BCUT2D eigenvalue weighted by atomic mass is 79.9. The Morgan fingerprint density at radius 3 is 2.76 bits per heavy atom. The molecule has 2 aromatic rings. The highest BCUT2D eigenvalue weighted by Gasteiger charge is 2.09. The molecule has 0 aliphatic heterocycles. The maximum Gasteiger partial charge on any atom is 0.138 e. The normalized spacial score (nSPS) is 10.0. The van der Waals surface area contributed by atoms with Gasteiger partial charge in [-0.05, 0) is 31.5 Å². The highest BCUT2D eigenvalue weighted by molar-refractivity contribution is 9.10. The highest BCUT2D eigenvalue weighted by Crippen LogP contribution is 2.26. The van der Waals surface area contributed by atoms with Gasteiger partial charge in [0, 0.05) is 16.6 Å². The molecule has 5 nitrogen and oxygen atoms in total. The molecule has 108 valence electrons. The molecule has 1 aromatic heterocycles. The van der Waals surface area contributed by atoms with Crippen molar-refractivity contribution >= 4 is 33.3 Å². The summed E-state index contributed by atoms with van der Waals surface area (Å²) in [7, 11) is 0. The standard InChI is InChI=1S/C15H16BrN5/c1-3-6-18-14-10(2)15(20-9-19-14)21-13-5-4-12(16)7-11(13)8-17/h4-5,7,9H,3,6H2,1-2H3,(H2,18,19,20,21). The van der Waals surface area contributed by atoms with Crippen molar-refractivity contribution in [3.63, 3.8) is 0 Å². The quantitative estimate of drug-likeness (QED) is 0.857. The molecule has 0 saturated heterocycles. The molecular weight excluding hydrogens is 330 g/mol. The summed E-state index contributed by atoms with van der Waals surface area (Å²) < 4.78 is 0.870. The number of nitrogens with one attached hydrogen (secondary N) is 2. The van der Waals surface area contributed by atoms with E-state index in [0.29, 0.717) is 11.4 Å². The van der Waals surface area contributed by atoms with Gasteiger partial charge in [-0.2, -0.15) is 5.26 Å². The Labute approximate surface area is 132 Å². The number of halogens is 1. The fraction of sp³-hybridized carbons (Fsp3) is 0.267. The van der Waals surface area contributed by atoms with Crippen molar-refractivity contribution in [1.82, 2.24) is 9.97 Å². The summed E-state index contributed by atoms with van der Waals surface area (Å²) in [4.78, 5) is 8.50. The minimum atomic E-state index is 0.561. The van der Waals surface area contributed by atoms with E-state index >= 15 is 0 Å². The molecule has 0 amide bonds. The van der Waals surface area contributed by atoms with Crippen molar-refractivity contribution in [3.8, 4) is 6.07 Å². The lowest BCUT2D eigenvalue weighted by Gasteiger charge is -2.13. The van der Waals surface area contributed by atoms with Crippen LogP contribution in [0.2, 0.25) is 0 Å². The summed E-state index contributed by atoms with van der Waals surface area (Å²) >= 11 is 3.36. The van der Waals surface area contributed by atoms with Crippen LogP contribution in [-0.4, -0.2) is 16.5 Å². The molecule has 0 radical (unpaired) electrons. The minimum absolute atomic E-state index is 0.561. The lowest BCUT2D eigenvalue weighted by Crippen LogP contribution is -2.07. The van der Waals surface area contributed by atoms with Crippen molar-refractivity contribution in [3.05, 3.63) is 40.1 Å². The third kappa shape index (κ3) is 3.70. The molecule has 0 spiro atoms. The van der Waals surface area contributed by atoms with Crippen LogP contribution in [0.3, 0.4) is 0 Å². The average Bonchev–Trinajstić information content (AvgIpc) is 2.49. The largest absolute Gasteiger partial charge is 0.370 e. The van der Waals surface area contributed by atoms with Gasteiger partial charge in [-0.25, -0.2) is 9.97 Å². The van der Waals surface area contributed by atoms with Gasteiger partial charge >= 0.3 is 0 Å².